The molecule has 34 heavy (non-hydrogen) atoms. The number of rotatable bonds is 6. The highest BCUT2D eigenvalue weighted by molar-refractivity contribution is 7.89. The number of carbonyl (C=O) groups is 1. The minimum atomic E-state index is -3.56. The second-order valence-corrected chi connectivity index (χ2v) is 11.4. The molecule has 9 heteroatoms. The van der Waals surface area contributed by atoms with E-state index in [1.54, 1.807) is 29.4 Å². The molecule has 176 valence electrons. The SMILES string of the molecule is Cc1ccc2nc(N(Cc3ccco3)C(=O)c3ccc(S(=O)(=O)N4CCCCC4)cc3)sc2c1. The van der Waals surface area contributed by atoms with E-state index in [9.17, 15) is 13.2 Å². The number of amides is 1. The fourth-order valence-corrected chi connectivity index (χ4v) is 6.68. The van der Waals surface area contributed by atoms with Crippen molar-refractivity contribution in [2.75, 3.05) is 18.0 Å². The monoisotopic (exact) mass is 495 g/mol. The van der Waals surface area contributed by atoms with E-state index < -0.39 is 10.0 Å². The van der Waals surface area contributed by atoms with Gasteiger partial charge in [-0.1, -0.05) is 23.8 Å². The number of carbonyl (C=O) groups excluding carboxylic acids is 1. The molecule has 3 heterocycles. The van der Waals surface area contributed by atoms with E-state index in [1.165, 1.54) is 27.8 Å². The van der Waals surface area contributed by atoms with Crippen LogP contribution in [0.3, 0.4) is 0 Å². The lowest BCUT2D eigenvalue weighted by atomic mass is 10.2. The largest absolute Gasteiger partial charge is 0.467 e. The average molecular weight is 496 g/mol. The number of sulfonamides is 1. The maximum Gasteiger partial charge on any atom is 0.260 e. The molecule has 0 atom stereocenters. The summed E-state index contributed by atoms with van der Waals surface area (Å²) in [6.45, 7) is 3.32. The number of fused-ring (bicyclic) bond motifs is 1. The number of benzene rings is 2. The van der Waals surface area contributed by atoms with Gasteiger partial charge in [0.1, 0.15) is 5.76 Å². The third-order valence-electron chi connectivity index (χ3n) is 5.96. The molecule has 1 fully saturated rings. The lowest BCUT2D eigenvalue weighted by molar-refractivity contribution is 0.0983. The summed E-state index contributed by atoms with van der Waals surface area (Å²) in [5.41, 5.74) is 2.34. The number of hydrogen-bond donors (Lipinski definition) is 0. The van der Waals surface area contributed by atoms with Gasteiger partial charge in [0.15, 0.2) is 5.13 Å². The molecule has 0 N–H and O–H groups in total. The predicted molar refractivity (Wildman–Crippen MR) is 133 cm³/mol. The molecule has 0 saturated carbocycles. The van der Waals surface area contributed by atoms with Gasteiger partial charge in [-0.3, -0.25) is 9.69 Å². The lowest BCUT2D eigenvalue weighted by Gasteiger charge is -2.26. The van der Waals surface area contributed by atoms with Gasteiger partial charge in [0.05, 0.1) is 27.9 Å². The summed E-state index contributed by atoms with van der Waals surface area (Å²) in [5, 5.41) is 0.562. The molecule has 5 rings (SSSR count). The lowest BCUT2D eigenvalue weighted by Crippen LogP contribution is -2.35. The van der Waals surface area contributed by atoms with Gasteiger partial charge in [-0.05, 0) is 73.9 Å². The maximum absolute atomic E-state index is 13.6. The van der Waals surface area contributed by atoms with Crippen molar-refractivity contribution in [3.8, 4) is 0 Å². The Balaban J connectivity index is 1.46. The highest BCUT2D eigenvalue weighted by atomic mass is 32.2. The minimum absolute atomic E-state index is 0.207. The van der Waals surface area contributed by atoms with Crippen molar-refractivity contribution < 1.29 is 17.6 Å². The summed E-state index contributed by atoms with van der Waals surface area (Å²) in [6, 6.07) is 15.8. The molecule has 1 saturated heterocycles. The number of aryl methyl sites for hydroxylation is 1. The molecule has 1 amide bonds. The summed E-state index contributed by atoms with van der Waals surface area (Å²) in [4.78, 5) is 20.0. The zero-order valence-corrected chi connectivity index (χ0v) is 20.4. The second-order valence-electron chi connectivity index (χ2n) is 8.43. The van der Waals surface area contributed by atoms with Gasteiger partial charge >= 0.3 is 0 Å². The van der Waals surface area contributed by atoms with Crippen LogP contribution >= 0.6 is 11.3 Å². The summed E-state index contributed by atoms with van der Waals surface area (Å²) < 4.78 is 34.0. The van der Waals surface area contributed by atoms with Crippen LogP contribution in [0.15, 0.2) is 70.2 Å². The molecule has 0 radical (unpaired) electrons. The fourth-order valence-electron chi connectivity index (χ4n) is 4.10. The number of anilines is 1. The predicted octanol–water partition coefficient (Wildman–Crippen LogP) is 5.22. The van der Waals surface area contributed by atoms with E-state index in [0.29, 0.717) is 29.5 Å². The number of furan rings is 1. The molecule has 4 aromatic rings. The van der Waals surface area contributed by atoms with Crippen molar-refractivity contribution in [1.29, 1.82) is 0 Å². The van der Waals surface area contributed by atoms with Crippen LogP contribution < -0.4 is 4.90 Å². The molecule has 0 bridgehead atoms. The number of nitrogens with zero attached hydrogens (tertiary/aromatic N) is 3. The highest BCUT2D eigenvalue weighted by Crippen LogP contribution is 2.32. The van der Waals surface area contributed by atoms with Gasteiger partial charge in [0, 0.05) is 18.7 Å². The average Bonchev–Trinajstić information content (AvgIpc) is 3.52. The summed E-state index contributed by atoms with van der Waals surface area (Å²) in [6.07, 6.45) is 4.37. The molecule has 0 spiro atoms. The van der Waals surface area contributed by atoms with E-state index in [4.69, 9.17) is 4.42 Å². The van der Waals surface area contributed by atoms with Crippen LogP contribution in [0.4, 0.5) is 5.13 Å². The van der Waals surface area contributed by atoms with Crippen LogP contribution in [0.5, 0.6) is 0 Å². The Kier molecular flexibility index (Phi) is 6.24. The van der Waals surface area contributed by atoms with Crippen molar-refractivity contribution in [3.05, 3.63) is 77.7 Å². The van der Waals surface area contributed by atoms with Crippen LogP contribution in [0.1, 0.15) is 40.9 Å². The van der Waals surface area contributed by atoms with Gasteiger partial charge in [-0.15, -0.1) is 0 Å². The Morgan fingerprint density at radius 3 is 2.56 bits per heavy atom. The Labute approximate surface area is 202 Å². The quantitative estimate of drug-likeness (QED) is 0.366. The Morgan fingerprint density at radius 1 is 1.09 bits per heavy atom. The zero-order valence-electron chi connectivity index (χ0n) is 18.8. The zero-order chi connectivity index (χ0) is 23.7. The van der Waals surface area contributed by atoms with Crippen molar-refractivity contribution >= 4 is 42.6 Å². The highest BCUT2D eigenvalue weighted by Gasteiger charge is 2.27. The van der Waals surface area contributed by atoms with Gasteiger partial charge in [0.25, 0.3) is 5.91 Å². The molecule has 1 aliphatic heterocycles. The Hall–Kier alpha value is -3.01. The van der Waals surface area contributed by atoms with Crippen molar-refractivity contribution in [3.63, 3.8) is 0 Å². The van der Waals surface area contributed by atoms with Crippen molar-refractivity contribution in [2.24, 2.45) is 0 Å². The second kappa shape index (κ2) is 9.32. The molecule has 0 unspecified atom stereocenters. The first-order valence-corrected chi connectivity index (χ1v) is 13.5. The third-order valence-corrected chi connectivity index (χ3v) is 8.91. The number of hydrogen-bond acceptors (Lipinski definition) is 6. The molecule has 2 aromatic carbocycles. The smallest absolute Gasteiger partial charge is 0.260 e. The van der Waals surface area contributed by atoms with Gasteiger partial charge in [-0.25, -0.2) is 13.4 Å². The summed E-state index contributed by atoms with van der Waals surface area (Å²) in [7, 11) is -3.56. The van der Waals surface area contributed by atoms with E-state index in [0.717, 1.165) is 35.0 Å². The van der Waals surface area contributed by atoms with Crippen LogP contribution in [0.25, 0.3) is 10.2 Å². The van der Waals surface area contributed by atoms with Crippen molar-refractivity contribution in [1.82, 2.24) is 9.29 Å². The van der Waals surface area contributed by atoms with E-state index in [1.807, 2.05) is 31.2 Å². The fraction of sp³-hybridized carbons (Fsp3) is 0.280. The molecule has 7 nitrogen and oxygen atoms in total. The van der Waals surface area contributed by atoms with Gasteiger partial charge in [0.2, 0.25) is 10.0 Å². The molecule has 0 aliphatic carbocycles. The topological polar surface area (TPSA) is 83.7 Å². The first kappa shape index (κ1) is 22.8. The third kappa shape index (κ3) is 4.51. The number of piperidine rings is 1. The standard InChI is InChI=1S/C25H25N3O4S2/c1-18-7-12-22-23(16-18)33-25(26-22)28(17-20-6-5-15-32-20)24(29)19-8-10-21(11-9-19)34(30,31)27-13-3-2-4-14-27/h5-12,15-16H,2-4,13-14,17H2,1H3. The summed E-state index contributed by atoms with van der Waals surface area (Å²) >= 11 is 1.44. The first-order chi connectivity index (χ1) is 16.4. The minimum Gasteiger partial charge on any atom is -0.467 e. The van der Waals surface area contributed by atoms with E-state index >= 15 is 0 Å². The number of thiazole rings is 1. The molecule has 2 aromatic heterocycles. The molecular weight excluding hydrogens is 470 g/mol. The van der Waals surface area contributed by atoms with Gasteiger partial charge < -0.3 is 4.42 Å². The summed E-state index contributed by atoms with van der Waals surface area (Å²) in [5.74, 6) is 0.363. The van der Waals surface area contributed by atoms with E-state index in [2.05, 4.69) is 4.98 Å². The van der Waals surface area contributed by atoms with Crippen LogP contribution in [0, 0.1) is 6.92 Å². The Morgan fingerprint density at radius 2 is 1.85 bits per heavy atom. The Bertz CT molecular complexity index is 1400. The van der Waals surface area contributed by atoms with Gasteiger partial charge in [-0.2, -0.15) is 4.31 Å². The maximum atomic E-state index is 13.6. The first-order valence-electron chi connectivity index (χ1n) is 11.2. The molecule has 1 aliphatic rings. The number of aromatic nitrogens is 1. The van der Waals surface area contributed by atoms with Crippen LogP contribution in [-0.2, 0) is 16.6 Å². The van der Waals surface area contributed by atoms with Crippen molar-refractivity contribution in [2.45, 2.75) is 37.6 Å². The normalized spacial score (nSPS) is 15.0. The van der Waals surface area contributed by atoms with Crippen LogP contribution in [-0.4, -0.2) is 36.7 Å². The molecular formula is C25H25N3O4S2. The van der Waals surface area contributed by atoms with E-state index in [-0.39, 0.29) is 17.3 Å². The van der Waals surface area contributed by atoms with Crippen LogP contribution in [0.2, 0.25) is 0 Å².